The Kier molecular flexibility index (Phi) is 5.81. The van der Waals surface area contributed by atoms with Crippen molar-refractivity contribution in [3.8, 4) is 17.3 Å². The molecule has 0 aliphatic rings. The number of hydrogen-bond acceptors (Lipinski definition) is 1. The maximum atomic E-state index is 4.61. The van der Waals surface area contributed by atoms with Crippen LogP contribution in [0.2, 0.25) is 16.6 Å². The molecule has 2 heterocycles. The van der Waals surface area contributed by atoms with Crippen LogP contribution in [0.15, 0.2) is 48.7 Å². The lowest BCUT2D eigenvalue weighted by molar-refractivity contribution is 0.838. The first-order chi connectivity index (χ1) is 13.3. The van der Waals surface area contributed by atoms with Gasteiger partial charge in [-0.2, -0.15) is 0 Å². The number of aromatic nitrogens is 2. The lowest BCUT2D eigenvalue weighted by atomic mass is 10.2. The second kappa shape index (κ2) is 7.97. The average molecular weight is 389 g/mol. The van der Waals surface area contributed by atoms with Gasteiger partial charge < -0.3 is 0 Å². The molecule has 0 saturated carbocycles. The molecule has 0 fully saturated rings. The topological polar surface area (TPSA) is 17.8 Å². The lowest BCUT2D eigenvalue weighted by Gasteiger charge is -2.38. The summed E-state index contributed by atoms with van der Waals surface area (Å²) in [6, 6.07) is 14.9. The summed E-state index contributed by atoms with van der Waals surface area (Å²) >= 11 is 0. The molecular weight excluding hydrogens is 356 g/mol. The van der Waals surface area contributed by atoms with Crippen molar-refractivity contribution in [2.75, 3.05) is 0 Å². The summed E-state index contributed by atoms with van der Waals surface area (Å²) in [5, 5.41) is 1.22. The standard InChI is InChI=1S/C25H32N2Si/c1-18(2)28(19(3)4,20(5)6)15-13-23-17-22-16-21(7)11-12-24(22)27(23)25-10-8-9-14-26-25/h8-12,14,16-20H,1-7H3. The fourth-order valence-electron chi connectivity index (χ4n) is 4.76. The molecule has 0 aliphatic carbocycles. The molecule has 0 unspecified atom stereocenters. The normalized spacial score (nSPS) is 12.1. The number of benzene rings is 1. The average Bonchev–Trinajstić information content (AvgIpc) is 2.99. The first kappa shape index (κ1) is 20.4. The molecule has 0 aliphatic heterocycles. The van der Waals surface area contributed by atoms with Crippen molar-refractivity contribution in [1.29, 1.82) is 0 Å². The van der Waals surface area contributed by atoms with Gasteiger partial charge in [0.05, 0.1) is 11.2 Å². The monoisotopic (exact) mass is 388 g/mol. The van der Waals surface area contributed by atoms with E-state index in [-0.39, 0.29) is 0 Å². The highest BCUT2D eigenvalue weighted by atomic mass is 28.3. The van der Waals surface area contributed by atoms with Crippen LogP contribution < -0.4 is 0 Å². The van der Waals surface area contributed by atoms with Gasteiger partial charge in [-0.25, -0.2) is 4.98 Å². The Bertz CT molecular complexity index is 995. The minimum atomic E-state index is -1.79. The molecule has 0 N–H and O–H groups in total. The highest BCUT2D eigenvalue weighted by Crippen LogP contribution is 2.41. The molecule has 0 spiro atoms. The van der Waals surface area contributed by atoms with Crippen LogP contribution in [0.4, 0.5) is 0 Å². The number of aryl methyl sites for hydroxylation is 1. The molecule has 2 aromatic heterocycles. The maximum absolute atomic E-state index is 4.61. The van der Waals surface area contributed by atoms with Crippen LogP contribution in [0.5, 0.6) is 0 Å². The molecule has 0 saturated heterocycles. The van der Waals surface area contributed by atoms with Crippen molar-refractivity contribution in [3.05, 3.63) is 59.9 Å². The van der Waals surface area contributed by atoms with E-state index in [0.717, 1.165) is 11.5 Å². The van der Waals surface area contributed by atoms with Gasteiger partial charge in [0, 0.05) is 11.6 Å². The van der Waals surface area contributed by atoms with E-state index in [9.17, 15) is 0 Å². The molecule has 2 nitrogen and oxygen atoms in total. The van der Waals surface area contributed by atoms with Crippen LogP contribution in [0.3, 0.4) is 0 Å². The van der Waals surface area contributed by atoms with Crippen molar-refractivity contribution < 1.29 is 0 Å². The van der Waals surface area contributed by atoms with E-state index in [0.29, 0.717) is 16.6 Å². The van der Waals surface area contributed by atoms with Gasteiger partial charge in [-0.3, -0.25) is 4.57 Å². The van der Waals surface area contributed by atoms with Crippen molar-refractivity contribution in [3.63, 3.8) is 0 Å². The molecule has 3 rings (SSSR count). The van der Waals surface area contributed by atoms with E-state index in [1.165, 1.54) is 16.5 Å². The van der Waals surface area contributed by atoms with Gasteiger partial charge in [0.1, 0.15) is 13.9 Å². The zero-order valence-electron chi connectivity index (χ0n) is 18.2. The zero-order valence-corrected chi connectivity index (χ0v) is 19.2. The molecule has 0 radical (unpaired) electrons. The second-order valence-electron chi connectivity index (χ2n) is 8.76. The molecule has 28 heavy (non-hydrogen) atoms. The fraction of sp³-hybridized carbons (Fsp3) is 0.400. The van der Waals surface area contributed by atoms with Crippen molar-refractivity contribution >= 4 is 19.0 Å². The third kappa shape index (κ3) is 3.54. The molecule has 146 valence electrons. The van der Waals surface area contributed by atoms with Gasteiger partial charge in [0.25, 0.3) is 0 Å². The number of pyridine rings is 1. The van der Waals surface area contributed by atoms with Gasteiger partial charge >= 0.3 is 0 Å². The summed E-state index contributed by atoms with van der Waals surface area (Å²) in [5.41, 5.74) is 9.21. The van der Waals surface area contributed by atoms with Crippen LogP contribution in [0.25, 0.3) is 16.7 Å². The summed E-state index contributed by atoms with van der Waals surface area (Å²) in [7, 11) is -1.79. The number of fused-ring (bicyclic) bond motifs is 1. The van der Waals surface area contributed by atoms with Gasteiger partial charge in [-0.15, -0.1) is 5.54 Å². The Morgan fingerprint density at radius 3 is 2.14 bits per heavy atom. The second-order valence-corrected chi connectivity index (χ2v) is 14.3. The first-order valence-corrected chi connectivity index (χ1v) is 12.6. The molecule has 3 aromatic rings. The van der Waals surface area contributed by atoms with Crippen LogP contribution in [0, 0.1) is 18.4 Å². The third-order valence-corrected chi connectivity index (χ3v) is 12.4. The fourth-order valence-corrected chi connectivity index (χ4v) is 9.98. The summed E-state index contributed by atoms with van der Waals surface area (Å²) < 4.78 is 2.21. The largest absolute Gasteiger partial charge is 0.287 e. The van der Waals surface area contributed by atoms with Gasteiger partial charge in [-0.05, 0) is 53.9 Å². The summed E-state index contributed by atoms with van der Waals surface area (Å²) in [6.45, 7) is 16.3. The van der Waals surface area contributed by atoms with Crippen LogP contribution >= 0.6 is 0 Å². The zero-order chi connectivity index (χ0) is 20.5. The Hall–Kier alpha value is -2.31. The minimum Gasteiger partial charge on any atom is -0.287 e. The van der Waals surface area contributed by atoms with Crippen LogP contribution in [0.1, 0.15) is 52.8 Å². The Morgan fingerprint density at radius 1 is 0.893 bits per heavy atom. The molecule has 0 atom stereocenters. The summed E-state index contributed by atoms with van der Waals surface area (Å²) in [5.74, 6) is 4.57. The van der Waals surface area contributed by atoms with Gasteiger partial charge in [0.15, 0.2) is 0 Å². The predicted octanol–water partition coefficient (Wildman–Crippen LogP) is 6.90. The van der Waals surface area contributed by atoms with E-state index < -0.39 is 8.07 Å². The quantitative estimate of drug-likeness (QED) is 0.351. The highest BCUT2D eigenvalue weighted by molar-refractivity contribution is 6.90. The summed E-state index contributed by atoms with van der Waals surface area (Å²) in [4.78, 5) is 4.61. The van der Waals surface area contributed by atoms with E-state index in [4.69, 9.17) is 0 Å². The molecule has 0 bridgehead atoms. The minimum absolute atomic E-state index is 0.620. The van der Waals surface area contributed by atoms with E-state index in [1.54, 1.807) is 0 Å². The number of nitrogens with zero attached hydrogens (tertiary/aromatic N) is 2. The van der Waals surface area contributed by atoms with Crippen molar-refractivity contribution in [1.82, 2.24) is 9.55 Å². The SMILES string of the molecule is Cc1ccc2c(c1)cc(C#C[Si](C(C)C)(C(C)C)C(C)C)n2-c1ccccn1. The number of rotatable bonds is 4. The Labute approximate surface area is 171 Å². The van der Waals surface area contributed by atoms with E-state index in [2.05, 4.69) is 99.8 Å². The molecule has 3 heteroatoms. The molecular formula is C25H32N2Si. The van der Waals surface area contributed by atoms with Crippen molar-refractivity contribution in [2.45, 2.75) is 65.1 Å². The number of hydrogen-bond donors (Lipinski definition) is 0. The summed E-state index contributed by atoms with van der Waals surface area (Å²) in [6.07, 6.45) is 1.85. The maximum Gasteiger partial charge on any atom is 0.146 e. The van der Waals surface area contributed by atoms with Crippen LogP contribution in [-0.4, -0.2) is 17.6 Å². The van der Waals surface area contributed by atoms with Crippen LogP contribution in [-0.2, 0) is 0 Å². The Balaban J connectivity index is 2.26. The Morgan fingerprint density at radius 2 is 1.57 bits per heavy atom. The first-order valence-electron chi connectivity index (χ1n) is 10.3. The highest BCUT2D eigenvalue weighted by Gasteiger charge is 2.41. The van der Waals surface area contributed by atoms with E-state index in [1.807, 2.05) is 18.3 Å². The molecule has 0 amide bonds. The smallest absolute Gasteiger partial charge is 0.146 e. The van der Waals surface area contributed by atoms with Gasteiger partial charge in [0.2, 0.25) is 0 Å². The predicted molar refractivity (Wildman–Crippen MR) is 124 cm³/mol. The van der Waals surface area contributed by atoms with Gasteiger partial charge in [-0.1, -0.05) is 65.2 Å². The van der Waals surface area contributed by atoms with E-state index >= 15 is 0 Å². The van der Waals surface area contributed by atoms with Crippen molar-refractivity contribution in [2.24, 2.45) is 0 Å². The third-order valence-electron chi connectivity index (χ3n) is 6.11. The molecule has 1 aromatic carbocycles. The lowest BCUT2D eigenvalue weighted by Crippen LogP contribution is -2.43.